The van der Waals surface area contributed by atoms with E-state index in [0.29, 0.717) is 12.1 Å². The Hall–Kier alpha value is -2.24. The minimum absolute atomic E-state index is 0. The minimum atomic E-state index is -0.259. The van der Waals surface area contributed by atoms with Crippen LogP contribution in [-0.4, -0.2) is 53.6 Å². The standard InChI is InChI=1S/C19H22N2O3.ClH/c1-14-3-2-4-16(11-14)21-9-7-20(8-10-21)13-19(24)15-5-6-17(22)18(23)12-15;/h2-6,11-12,22-23H,7-10,13H2,1H3;1H. The van der Waals surface area contributed by atoms with E-state index in [2.05, 4.69) is 41.0 Å². The molecule has 134 valence electrons. The molecule has 0 atom stereocenters. The summed E-state index contributed by atoms with van der Waals surface area (Å²) in [5.74, 6) is -0.516. The quantitative estimate of drug-likeness (QED) is 0.646. The molecule has 25 heavy (non-hydrogen) atoms. The molecule has 5 nitrogen and oxygen atoms in total. The molecule has 0 unspecified atom stereocenters. The third-order valence-electron chi connectivity index (χ3n) is 4.40. The molecule has 2 aromatic rings. The Morgan fingerprint density at radius 3 is 2.36 bits per heavy atom. The molecule has 3 rings (SSSR count). The smallest absolute Gasteiger partial charge is 0.176 e. The Bertz CT molecular complexity index is 743. The van der Waals surface area contributed by atoms with Crippen LogP contribution < -0.4 is 4.90 Å². The number of carbonyl (C=O) groups is 1. The van der Waals surface area contributed by atoms with Gasteiger partial charge >= 0.3 is 0 Å². The number of benzene rings is 2. The van der Waals surface area contributed by atoms with E-state index < -0.39 is 0 Å². The Morgan fingerprint density at radius 1 is 1.00 bits per heavy atom. The number of halogens is 1. The molecular formula is C19H23ClN2O3. The van der Waals surface area contributed by atoms with E-state index in [0.717, 1.165) is 26.2 Å². The average Bonchev–Trinajstić information content (AvgIpc) is 2.58. The fourth-order valence-electron chi connectivity index (χ4n) is 2.98. The topological polar surface area (TPSA) is 64.0 Å². The van der Waals surface area contributed by atoms with Gasteiger partial charge in [-0.15, -0.1) is 12.4 Å². The molecule has 1 aliphatic rings. The maximum absolute atomic E-state index is 12.3. The first-order valence-electron chi connectivity index (χ1n) is 8.12. The lowest BCUT2D eigenvalue weighted by Crippen LogP contribution is -2.48. The molecular weight excluding hydrogens is 340 g/mol. The molecule has 1 aliphatic heterocycles. The zero-order valence-corrected chi connectivity index (χ0v) is 15.0. The summed E-state index contributed by atoms with van der Waals surface area (Å²) in [6, 6.07) is 12.7. The first kappa shape index (κ1) is 19.1. The van der Waals surface area contributed by atoms with Crippen molar-refractivity contribution >= 4 is 23.9 Å². The molecule has 0 aliphatic carbocycles. The van der Waals surface area contributed by atoms with E-state index >= 15 is 0 Å². The normalized spacial score (nSPS) is 14.8. The monoisotopic (exact) mass is 362 g/mol. The van der Waals surface area contributed by atoms with Crippen molar-refractivity contribution in [1.82, 2.24) is 4.90 Å². The summed E-state index contributed by atoms with van der Waals surface area (Å²) in [6.07, 6.45) is 0. The highest BCUT2D eigenvalue weighted by molar-refractivity contribution is 5.98. The number of hydrogen-bond acceptors (Lipinski definition) is 5. The highest BCUT2D eigenvalue weighted by Crippen LogP contribution is 2.25. The fraction of sp³-hybridized carbons (Fsp3) is 0.316. The molecule has 0 saturated carbocycles. The third kappa shape index (κ3) is 4.65. The number of phenolic OH excluding ortho intramolecular Hbond substituents is 2. The lowest BCUT2D eigenvalue weighted by molar-refractivity contribution is 0.0926. The Morgan fingerprint density at radius 2 is 1.72 bits per heavy atom. The molecule has 0 radical (unpaired) electrons. The number of piperazine rings is 1. The number of carbonyl (C=O) groups excluding carboxylic acids is 1. The second-order valence-corrected chi connectivity index (χ2v) is 6.23. The maximum atomic E-state index is 12.3. The summed E-state index contributed by atoms with van der Waals surface area (Å²) < 4.78 is 0. The number of ketones is 1. The van der Waals surface area contributed by atoms with Gasteiger partial charge in [0.05, 0.1) is 6.54 Å². The van der Waals surface area contributed by atoms with Gasteiger partial charge in [-0.2, -0.15) is 0 Å². The summed E-state index contributed by atoms with van der Waals surface area (Å²) in [5, 5.41) is 18.8. The number of aryl methyl sites for hydroxylation is 1. The molecule has 2 N–H and O–H groups in total. The van der Waals surface area contributed by atoms with E-state index in [1.807, 2.05) is 0 Å². The Labute approximate surface area is 153 Å². The van der Waals surface area contributed by atoms with Gasteiger partial charge < -0.3 is 15.1 Å². The first-order chi connectivity index (χ1) is 11.5. The van der Waals surface area contributed by atoms with Crippen LogP contribution in [0.3, 0.4) is 0 Å². The highest BCUT2D eigenvalue weighted by atomic mass is 35.5. The van der Waals surface area contributed by atoms with Crippen LogP contribution in [0.4, 0.5) is 5.69 Å². The number of Topliss-reactive ketones (excluding diaryl/α,β-unsaturated/α-hetero) is 1. The Kier molecular flexibility index (Phi) is 6.28. The molecule has 2 aromatic carbocycles. The van der Waals surface area contributed by atoms with Gasteiger partial charge in [-0.05, 0) is 42.8 Å². The van der Waals surface area contributed by atoms with Crippen molar-refractivity contribution in [3.63, 3.8) is 0 Å². The van der Waals surface area contributed by atoms with E-state index in [9.17, 15) is 15.0 Å². The van der Waals surface area contributed by atoms with Crippen LogP contribution in [0, 0.1) is 6.92 Å². The van der Waals surface area contributed by atoms with Gasteiger partial charge in [0, 0.05) is 37.4 Å². The van der Waals surface area contributed by atoms with Gasteiger partial charge in [0.25, 0.3) is 0 Å². The van der Waals surface area contributed by atoms with Crippen molar-refractivity contribution in [2.75, 3.05) is 37.6 Å². The van der Waals surface area contributed by atoms with E-state index in [1.54, 1.807) is 6.07 Å². The van der Waals surface area contributed by atoms with Crippen molar-refractivity contribution < 1.29 is 15.0 Å². The van der Waals surface area contributed by atoms with Crippen LogP contribution in [0.2, 0.25) is 0 Å². The van der Waals surface area contributed by atoms with Crippen LogP contribution in [-0.2, 0) is 0 Å². The predicted octanol–water partition coefficient (Wildman–Crippen LogP) is 2.83. The van der Waals surface area contributed by atoms with Crippen LogP contribution in [0.5, 0.6) is 11.5 Å². The van der Waals surface area contributed by atoms with Gasteiger partial charge in [-0.1, -0.05) is 12.1 Å². The number of nitrogens with zero attached hydrogens (tertiary/aromatic N) is 2. The summed E-state index contributed by atoms with van der Waals surface area (Å²) in [7, 11) is 0. The van der Waals surface area contributed by atoms with Gasteiger partial charge in [0.1, 0.15) is 0 Å². The van der Waals surface area contributed by atoms with E-state index in [-0.39, 0.29) is 29.7 Å². The third-order valence-corrected chi connectivity index (χ3v) is 4.40. The zero-order valence-electron chi connectivity index (χ0n) is 14.2. The molecule has 0 amide bonds. The molecule has 6 heteroatoms. The van der Waals surface area contributed by atoms with Crippen molar-refractivity contribution in [3.05, 3.63) is 53.6 Å². The Balaban J connectivity index is 0.00000225. The van der Waals surface area contributed by atoms with Crippen molar-refractivity contribution in [1.29, 1.82) is 0 Å². The molecule has 0 spiro atoms. The van der Waals surface area contributed by atoms with E-state index in [1.165, 1.54) is 23.4 Å². The lowest BCUT2D eigenvalue weighted by Gasteiger charge is -2.35. The summed E-state index contributed by atoms with van der Waals surface area (Å²) in [4.78, 5) is 16.8. The molecule has 0 bridgehead atoms. The SMILES string of the molecule is Cc1cccc(N2CCN(CC(=O)c3ccc(O)c(O)c3)CC2)c1.Cl. The van der Waals surface area contributed by atoms with Gasteiger partial charge in [0.15, 0.2) is 17.3 Å². The molecule has 0 aromatic heterocycles. The summed E-state index contributed by atoms with van der Waals surface area (Å²) in [6.45, 7) is 5.83. The second kappa shape index (κ2) is 8.23. The predicted molar refractivity (Wildman–Crippen MR) is 101 cm³/mol. The second-order valence-electron chi connectivity index (χ2n) is 6.23. The van der Waals surface area contributed by atoms with Gasteiger partial charge in [-0.25, -0.2) is 0 Å². The van der Waals surface area contributed by atoms with Crippen LogP contribution in [0.1, 0.15) is 15.9 Å². The van der Waals surface area contributed by atoms with Crippen LogP contribution in [0.15, 0.2) is 42.5 Å². The number of aromatic hydroxyl groups is 2. The number of anilines is 1. The molecule has 1 fully saturated rings. The first-order valence-corrected chi connectivity index (χ1v) is 8.12. The number of hydrogen-bond donors (Lipinski definition) is 2. The largest absolute Gasteiger partial charge is 0.504 e. The average molecular weight is 363 g/mol. The molecule has 1 heterocycles. The molecule has 1 saturated heterocycles. The highest BCUT2D eigenvalue weighted by Gasteiger charge is 2.20. The van der Waals surface area contributed by atoms with Crippen molar-refractivity contribution in [2.45, 2.75) is 6.92 Å². The summed E-state index contributed by atoms with van der Waals surface area (Å²) in [5.41, 5.74) is 2.90. The van der Waals surface area contributed by atoms with Crippen LogP contribution in [0.25, 0.3) is 0 Å². The van der Waals surface area contributed by atoms with Crippen LogP contribution >= 0.6 is 12.4 Å². The zero-order chi connectivity index (χ0) is 17.1. The number of rotatable bonds is 4. The van der Waals surface area contributed by atoms with Gasteiger partial charge in [0.2, 0.25) is 0 Å². The van der Waals surface area contributed by atoms with E-state index in [4.69, 9.17) is 0 Å². The fourth-order valence-corrected chi connectivity index (χ4v) is 2.98. The van der Waals surface area contributed by atoms with Gasteiger partial charge in [-0.3, -0.25) is 9.69 Å². The lowest BCUT2D eigenvalue weighted by atomic mass is 10.1. The maximum Gasteiger partial charge on any atom is 0.176 e. The summed E-state index contributed by atoms with van der Waals surface area (Å²) >= 11 is 0. The minimum Gasteiger partial charge on any atom is -0.504 e. The number of phenols is 2. The van der Waals surface area contributed by atoms with Crippen molar-refractivity contribution in [2.24, 2.45) is 0 Å². The van der Waals surface area contributed by atoms with Crippen molar-refractivity contribution in [3.8, 4) is 11.5 Å².